The number of halogens is 2. The highest BCUT2D eigenvalue weighted by molar-refractivity contribution is 9.10. The summed E-state index contributed by atoms with van der Waals surface area (Å²) in [6, 6.07) is 8.05. The minimum absolute atomic E-state index is 0.0949. The predicted octanol–water partition coefficient (Wildman–Crippen LogP) is 3.53. The molecule has 1 unspecified atom stereocenters. The summed E-state index contributed by atoms with van der Waals surface area (Å²) in [6.07, 6.45) is 1.80. The fourth-order valence-corrected chi connectivity index (χ4v) is 2.89. The van der Waals surface area contributed by atoms with Gasteiger partial charge >= 0.3 is 0 Å². The smallest absolute Gasteiger partial charge is 0.0748 e. The second-order valence-corrected chi connectivity index (χ2v) is 5.43. The Kier molecular flexibility index (Phi) is 4.43. The molecule has 0 radical (unpaired) electrons. The van der Waals surface area contributed by atoms with Crippen molar-refractivity contribution in [1.29, 1.82) is 0 Å². The van der Waals surface area contributed by atoms with Gasteiger partial charge in [0.15, 0.2) is 0 Å². The van der Waals surface area contributed by atoms with E-state index in [9.17, 15) is 0 Å². The molecule has 1 atom stereocenters. The number of benzene rings is 1. The number of aryl methyl sites for hydroxylation is 1. The lowest BCUT2D eigenvalue weighted by molar-refractivity contribution is 0.572. The second kappa shape index (κ2) is 5.87. The van der Waals surface area contributed by atoms with Crippen LogP contribution in [-0.2, 0) is 7.05 Å². The van der Waals surface area contributed by atoms with Crippen LogP contribution in [0.4, 0.5) is 0 Å². The third-order valence-corrected chi connectivity index (χ3v) is 3.46. The van der Waals surface area contributed by atoms with Crippen LogP contribution < -0.4 is 5.32 Å². The third-order valence-electron chi connectivity index (χ3n) is 2.78. The minimum atomic E-state index is 0.0949. The van der Waals surface area contributed by atoms with E-state index in [1.54, 1.807) is 6.20 Å². The van der Waals surface area contributed by atoms with Crippen molar-refractivity contribution in [2.75, 3.05) is 6.54 Å². The Balaban J connectivity index is 2.44. The molecule has 0 bridgehead atoms. The number of nitrogens with one attached hydrogen (secondary N) is 1. The first-order valence-electron chi connectivity index (χ1n) is 5.79. The summed E-state index contributed by atoms with van der Waals surface area (Å²) in [7, 11) is 1.94. The summed E-state index contributed by atoms with van der Waals surface area (Å²) in [5.41, 5.74) is 2.24. The van der Waals surface area contributed by atoms with Crippen LogP contribution in [0.15, 0.2) is 34.9 Å². The fourth-order valence-electron chi connectivity index (χ4n) is 2.01. The first-order valence-corrected chi connectivity index (χ1v) is 6.96. The lowest BCUT2D eigenvalue weighted by Gasteiger charge is -2.19. The van der Waals surface area contributed by atoms with E-state index in [-0.39, 0.29) is 6.04 Å². The molecule has 2 rings (SSSR count). The minimum Gasteiger partial charge on any atom is -0.305 e. The zero-order chi connectivity index (χ0) is 13.1. The molecule has 1 aromatic carbocycles. The van der Waals surface area contributed by atoms with Crippen molar-refractivity contribution in [3.63, 3.8) is 0 Å². The van der Waals surface area contributed by atoms with E-state index in [0.717, 1.165) is 27.3 Å². The Morgan fingerprint density at radius 2 is 2.22 bits per heavy atom. The van der Waals surface area contributed by atoms with Crippen LogP contribution >= 0.6 is 27.5 Å². The van der Waals surface area contributed by atoms with Crippen LogP contribution in [0.2, 0.25) is 5.02 Å². The van der Waals surface area contributed by atoms with Gasteiger partial charge in [0.25, 0.3) is 0 Å². The van der Waals surface area contributed by atoms with Gasteiger partial charge in [-0.2, -0.15) is 5.10 Å². The Morgan fingerprint density at radius 1 is 1.44 bits per heavy atom. The van der Waals surface area contributed by atoms with E-state index in [2.05, 4.69) is 39.3 Å². The van der Waals surface area contributed by atoms with Crippen LogP contribution in [0.1, 0.15) is 24.2 Å². The fraction of sp³-hybridized carbons (Fsp3) is 0.308. The molecule has 0 saturated heterocycles. The van der Waals surface area contributed by atoms with E-state index >= 15 is 0 Å². The van der Waals surface area contributed by atoms with Gasteiger partial charge in [0.2, 0.25) is 0 Å². The maximum Gasteiger partial charge on any atom is 0.0748 e. The van der Waals surface area contributed by atoms with Gasteiger partial charge in [-0.25, -0.2) is 0 Å². The summed E-state index contributed by atoms with van der Waals surface area (Å²) in [5.74, 6) is 0. The first kappa shape index (κ1) is 13.6. The van der Waals surface area contributed by atoms with E-state index < -0.39 is 0 Å². The molecule has 0 saturated carbocycles. The summed E-state index contributed by atoms with van der Waals surface area (Å²) >= 11 is 9.59. The van der Waals surface area contributed by atoms with Crippen molar-refractivity contribution in [3.8, 4) is 0 Å². The molecule has 0 spiro atoms. The molecule has 0 fully saturated rings. The first-order chi connectivity index (χ1) is 8.61. The molecule has 0 amide bonds. The number of aromatic nitrogens is 2. The second-order valence-electron chi connectivity index (χ2n) is 4.07. The van der Waals surface area contributed by atoms with E-state index in [4.69, 9.17) is 11.6 Å². The SMILES string of the molecule is CCNC(c1cc(Cl)cc(Br)c1)c1ccnn1C. The number of hydrogen-bond acceptors (Lipinski definition) is 2. The number of hydrogen-bond donors (Lipinski definition) is 1. The Hall–Kier alpha value is -0.840. The molecule has 5 heteroatoms. The van der Waals surface area contributed by atoms with Crippen LogP contribution in [0.25, 0.3) is 0 Å². The Bertz CT molecular complexity index is 519. The number of rotatable bonds is 4. The molecule has 0 aliphatic carbocycles. The van der Waals surface area contributed by atoms with Gasteiger partial charge in [0.1, 0.15) is 0 Å². The van der Waals surface area contributed by atoms with Gasteiger partial charge in [-0.3, -0.25) is 4.68 Å². The van der Waals surface area contributed by atoms with Crippen molar-refractivity contribution >= 4 is 27.5 Å². The predicted molar refractivity (Wildman–Crippen MR) is 77.9 cm³/mol. The zero-order valence-corrected chi connectivity index (χ0v) is 12.7. The van der Waals surface area contributed by atoms with E-state index in [1.807, 2.05) is 29.9 Å². The van der Waals surface area contributed by atoms with Crippen molar-refractivity contribution in [1.82, 2.24) is 15.1 Å². The molecule has 1 heterocycles. The molecular weight excluding hydrogens is 314 g/mol. The largest absolute Gasteiger partial charge is 0.305 e. The van der Waals surface area contributed by atoms with Crippen molar-refractivity contribution in [2.45, 2.75) is 13.0 Å². The average Bonchev–Trinajstić information content (AvgIpc) is 2.71. The van der Waals surface area contributed by atoms with Gasteiger partial charge in [-0.1, -0.05) is 34.5 Å². The molecular formula is C13H15BrClN3. The quantitative estimate of drug-likeness (QED) is 0.930. The van der Waals surface area contributed by atoms with Crippen LogP contribution in [0, 0.1) is 0 Å². The number of nitrogens with zero attached hydrogens (tertiary/aromatic N) is 2. The zero-order valence-electron chi connectivity index (χ0n) is 10.3. The molecule has 18 heavy (non-hydrogen) atoms. The maximum atomic E-state index is 6.12. The monoisotopic (exact) mass is 327 g/mol. The Morgan fingerprint density at radius 3 is 2.78 bits per heavy atom. The van der Waals surface area contributed by atoms with Gasteiger partial charge in [-0.15, -0.1) is 0 Å². The lowest BCUT2D eigenvalue weighted by Crippen LogP contribution is -2.24. The highest BCUT2D eigenvalue weighted by atomic mass is 79.9. The molecule has 0 aliphatic heterocycles. The standard InChI is InChI=1S/C13H15BrClN3/c1-3-16-13(12-4-5-17-18(12)2)9-6-10(14)8-11(15)7-9/h4-8,13,16H,3H2,1-2H3. The summed E-state index contributed by atoms with van der Waals surface area (Å²) < 4.78 is 2.86. The van der Waals surface area contributed by atoms with Gasteiger partial charge in [-0.05, 0) is 36.4 Å². The Labute approximate surface area is 120 Å². The summed E-state index contributed by atoms with van der Waals surface area (Å²) in [6.45, 7) is 2.96. The topological polar surface area (TPSA) is 29.9 Å². The summed E-state index contributed by atoms with van der Waals surface area (Å²) in [4.78, 5) is 0. The van der Waals surface area contributed by atoms with Crippen LogP contribution in [0.3, 0.4) is 0 Å². The molecule has 3 nitrogen and oxygen atoms in total. The third kappa shape index (κ3) is 2.94. The highest BCUT2D eigenvalue weighted by Gasteiger charge is 2.17. The van der Waals surface area contributed by atoms with Crippen LogP contribution in [-0.4, -0.2) is 16.3 Å². The average molecular weight is 329 g/mol. The molecule has 0 aliphatic rings. The van der Waals surface area contributed by atoms with Gasteiger partial charge < -0.3 is 5.32 Å². The lowest BCUT2D eigenvalue weighted by atomic mass is 10.0. The van der Waals surface area contributed by atoms with Crippen molar-refractivity contribution < 1.29 is 0 Å². The molecule has 96 valence electrons. The molecule has 1 N–H and O–H groups in total. The normalized spacial score (nSPS) is 12.7. The van der Waals surface area contributed by atoms with Crippen molar-refractivity contribution in [3.05, 3.63) is 51.2 Å². The summed E-state index contributed by atoms with van der Waals surface area (Å²) in [5, 5.41) is 8.40. The van der Waals surface area contributed by atoms with Crippen LogP contribution in [0.5, 0.6) is 0 Å². The van der Waals surface area contributed by atoms with E-state index in [0.29, 0.717) is 0 Å². The highest BCUT2D eigenvalue weighted by Crippen LogP contribution is 2.27. The van der Waals surface area contributed by atoms with E-state index in [1.165, 1.54) is 0 Å². The maximum absolute atomic E-state index is 6.12. The molecule has 1 aromatic heterocycles. The van der Waals surface area contributed by atoms with Gasteiger partial charge in [0, 0.05) is 22.7 Å². The van der Waals surface area contributed by atoms with Gasteiger partial charge in [0.05, 0.1) is 11.7 Å². The molecule has 2 aromatic rings. The van der Waals surface area contributed by atoms with Crippen molar-refractivity contribution in [2.24, 2.45) is 7.05 Å².